The summed E-state index contributed by atoms with van der Waals surface area (Å²) in [6.45, 7) is 0.198. The third kappa shape index (κ3) is 2.99. The van der Waals surface area contributed by atoms with Crippen molar-refractivity contribution < 1.29 is 9.53 Å². The average Bonchev–Trinajstić information content (AvgIpc) is 2.40. The molecule has 2 rings (SSSR count). The van der Waals surface area contributed by atoms with E-state index < -0.39 is 5.97 Å². The van der Waals surface area contributed by atoms with Gasteiger partial charge in [0.15, 0.2) is 0 Å². The van der Waals surface area contributed by atoms with Gasteiger partial charge in [-0.2, -0.15) is 0 Å². The number of benzene rings is 1. The Bertz CT molecular complexity index is 558. The zero-order chi connectivity index (χ0) is 13.0. The number of hydrogen-bond acceptors (Lipinski definition) is 4. The first-order valence-corrected chi connectivity index (χ1v) is 5.65. The molecular formula is C13H11ClN2O2. The lowest BCUT2D eigenvalue weighted by atomic mass is 10.2. The van der Waals surface area contributed by atoms with Gasteiger partial charge in [0, 0.05) is 12.4 Å². The Kier molecular flexibility index (Phi) is 3.79. The number of aromatic nitrogens is 1. The average molecular weight is 263 g/mol. The quantitative estimate of drug-likeness (QED) is 0.682. The van der Waals surface area contributed by atoms with Crippen LogP contribution < -0.4 is 5.73 Å². The summed E-state index contributed by atoms with van der Waals surface area (Å²) in [5, 5.41) is 0.341. The summed E-state index contributed by atoms with van der Waals surface area (Å²) in [5.41, 5.74) is 7.25. The largest absolute Gasteiger partial charge is 0.457 e. The van der Waals surface area contributed by atoms with Crippen LogP contribution in [0.3, 0.4) is 0 Å². The van der Waals surface area contributed by atoms with E-state index in [4.69, 9.17) is 22.1 Å². The highest BCUT2D eigenvalue weighted by Crippen LogP contribution is 2.20. The third-order valence-corrected chi connectivity index (χ3v) is 2.68. The maximum absolute atomic E-state index is 11.7. The molecule has 2 aromatic rings. The fourth-order valence-corrected chi connectivity index (χ4v) is 1.55. The van der Waals surface area contributed by atoms with Gasteiger partial charge in [-0.05, 0) is 35.9 Å². The highest BCUT2D eigenvalue weighted by molar-refractivity contribution is 6.33. The van der Waals surface area contributed by atoms with Crippen LogP contribution in [0.5, 0.6) is 0 Å². The number of ether oxygens (including phenoxy) is 1. The molecule has 1 aromatic carbocycles. The van der Waals surface area contributed by atoms with Crippen molar-refractivity contribution in [2.75, 3.05) is 5.73 Å². The van der Waals surface area contributed by atoms with Crippen LogP contribution in [0.25, 0.3) is 0 Å². The van der Waals surface area contributed by atoms with Crippen molar-refractivity contribution in [3.63, 3.8) is 0 Å². The molecule has 0 bridgehead atoms. The fraction of sp³-hybridized carbons (Fsp3) is 0.0769. The SMILES string of the molecule is Nc1ccc(C(=O)OCc2ccncc2)cc1Cl. The molecule has 0 amide bonds. The summed E-state index contributed by atoms with van der Waals surface area (Å²) in [7, 11) is 0. The Morgan fingerprint density at radius 3 is 2.67 bits per heavy atom. The highest BCUT2D eigenvalue weighted by Gasteiger charge is 2.09. The Hall–Kier alpha value is -2.07. The molecule has 92 valence electrons. The second kappa shape index (κ2) is 5.51. The summed E-state index contributed by atoms with van der Waals surface area (Å²) >= 11 is 5.83. The maximum atomic E-state index is 11.7. The molecule has 0 unspecified atom stereocenters. The summed E-state index contributed by atoms with van der Waals surface area (Å²) in [6, 6.07) is 8.21. The molecule has 1 aromatic heterocycles. The number of halogens is 1. The molecule has 4 nitrogen and oxygen atoms in total. The van der Waals surface area contributed by atoms with E-state index in [1.54, 1.807) is 36.7 Å². The van der Waals surface area contributed by atoms with Gasteiger partial charge in [0.1, 0.15) is 6.61 Å². The predicted octanol–water partition coefficient (Wildman–Crippen LogP) is 2.67. The van der Waals surface area contributed by atoms with E-state index in [0.717, 1.165) is 5.56 Å². The second-order valence-corrected chi connectivity index (χ2v) is 4.08. The summed E-state index contributed by atoms with van der Waals surface area (Å²) in [6.07, 6.45) is 3.28. The number of carbonyl (C=O) groups excluding carboxylic acids is 1. The summed E-state index contributed by atoms with van der Waals surface area (Å²) < 4.78 is 5.14. The zero-order valence-electron chi connectivity index (χ0n) is 9.47. The van der Waals surface area contributed by atoms with E-state index in [9.17, 15) is 4.79 Å². The summed E-state index contributed by atoms with van der Waals surface area (Å²) in [5.74, 6) is -0.436. The minimum atomic E-state index is -0.436. The molecule has 0 spiro atoms. The van der Waals surface area contributed by atoms with Crippen molar-refractivity contribution in [3.05, 3.63) is 58.9 Å². The molecule has 18 heavy (non-hydrogen) atoms. The number of anilines is 1. The molecule has 0 radical (unpaired) electrons. The number of pyridine rings is 1. The highest BCUT2D eigenvalue weighted by atomic mass is 35.5. The van der Waals surface area contributed by atoms with Crippen LogP contribution in [0.1, 0.15) is 15.9 Å². The Morgan fingerprint density at radius 2 is 2.00 bits per heavy atom. The zero-order valence-corrected chi connectivity index (χ0v) is 10.2. The number of nitrogens with two attached hydrogens (primary N) is 1. The standard InChI is InChI=1S/C13H11ClN2O2/c14-11-7-10(1-2-12(11)15)13(17)18-8-9-3-5-16-6-4-9/h1-7H,8,15H2. The second-order valence-electron chi connectivity index (χ2n) is 3.67. The van der Waals surface area contributed by atoms with Gasteiger partial charge in [0.05, 0.1) is 16.3 Å². The van der Waals surface area contributed by atoms with Crippen molar-refractivity contribution in [3.8, 4) is 0 Å². The molecular weight excluding hydrogens is 252 g/mol. The lowest BCUT2D eigenvalue weighted by molar-refractivity contribution is 0.0472. The van der Waals surface area contributed by atoms with Gasteiger partial charge >= 0.3 is 5.97 Å². The van der Waals surface area contributed by atoms with Crippen LogP contribution in [0.15, 0.2) is 42.7 Å². The lowest BCUT2D eigenvalue weighted by Gasteiger charge is -2.05. The van der Waals surface area contributed by atoms with E-state index in [1.165, 1.54) is 6.07 Å². The molecule has 0 aliphatic rings. The van der Waals surface area contributed by atoms with Crippen LogP contribution in [0, 0.1) is 0 Å². The van der Waals surface area contributed by atoms with Crippen molar-refractivity contribution >= 4 is 23.3 Å². The van der Waals surface area contributed by atoms with E-state index in [1.807, 2.05) is 0 Å². The van der Waals surface area contributed by atoms with Crippen molar-refractivity contribution in [1.82, 2.24) is 4.98 Å². The molecule has 5 heteroatoms. The fourth-order valence-electron chi connectivity index (χ4n) is 1.37. The van der Waals surface area contributed by atoms with Crippen molar-refractivity contribution in [2.24, 2.45) is 0 Å². The Morgan fingerprint density at radius 1 is 1.28 bits per heavy atom. The number of esters is 1. The van der Waals surface area contributed by atoms with Crippen molar-refractivity contribution in [2.45, 2.75) is 6.61 Å². The van der Waals surface area contributed by atoms with E-state index in [-0.39, 0.29) is 6.61 Å². The predicted molar refractivity (Wildman–Crippen MR) is 69.2 cm³/mol. The van der Waals surface area contributed by atoms with Crippen molar-refractivity contribution in [1.29, 1.82) is 0 Å². The number of nitrogen functional groups attached to an aromatic ring is 1. The van der Waals surface area contributed by atoms with Gasteiger partial charge in [0.25, 0.3) is 0 Å². The summed E-state index contributed by atoms with van der Waals surface area (Å²) in [4.78, 5) is 15.6. The van der Waals surface area contributed by atoms with Gasteiger partial charge < -0.3 is 10.5 Å². The van der Waals surface area contributed by atoms with Crippen LogP contribution >= 0.6 is 11.6 Å². The Balaban J connectivity index is 2.02. The molecule has 0 aliphatic carbocycles. The van der Waals surface area contributed by atoms with Crippen LogP contribution in [-0.4, -0.2) is 11.0 Å². The van der Waals surface area contributed by atoms with Crippen LogP contribution in [0.2, 0.25) is 5.02 Å². The monoisotopic (exact) mass is 262 g/mol. The van der Waals surface area contributed by atoms with Gasteiger partial charge in [-0.25, -0.2) is 4.79 Å². The lowest BCUT2D eigenvalue weighted by Crippen LogP contribution is -2.05. The maximum Gasteiger partial charge on any atom is 0.338 e. The van der Waals surface area contributed by atoms with E-state index in [2.05, 4.69) is 4.98 Å². The molecule has 0 fully saturated rings. The first-order chi connectivity index (χ1) is 8.66. The molecule has 0 atom stereocenters. The molecule has 0 saturated carbocycles. The third-order valence-electron chi connectivity index (χ3n) is 2.36. The van der Waals surface area contributed by atoms with Gasteiger partial charge in [-0.1, -0.05) is 11.6 Å². The molecule has 0 saturated heterocycles. The van der Waals surface area contributed by atoms with Gasteiger partial charge in [0.2, 0.25) is 0 Å². The minimum Gasteiger partial charge on any atom is -0.457 e. The molecule has 1 heterocycles. The number of nitrogens with zero attached hydrogens (tertiary/aromatic N) is 1. The number of hydrogen-bond donors (Lipinski definition) is 1. The Labute approximate surface area is 109 Å². The van der Waals surface area contributed by atoms with E-state index in [0.29, 0.717) is 16.3 Å². The first-order valence-electron chi connectivity index (χ1n) is 5.28. The van der Waals surface area contributed by atoms with Gasteiger partial charge in [-0.3, -0.25) is 4.98 Å². The van der Waals surface area contributed by atoms with Crippen LogP contribution in [0.4, 0.5) is 5.69 Å². The van der Waals surface area contributed by atoms with Gasteiger partial charge in [-0.15, -0.1) is 0 Å². The molecule has 0 aliphatic heterocycles. The normalized spacial score (nSPS) is 10.1. The number of carbonyl (C=O) groups is 1. The van der Waals surface area contributed by atoms with Crippen LogP contribution in [-0.2, 0) is 11.3 Å². The first kappa shape index (κ1) is 12.4. The minimum absolute atomic E-state index is 0.198. The smallest absolute Gasteiger partial charge is 0.338 e. The number of rotatable bonds is 3. The van der Waals surface area contributed by atoms with E-state index >= 15 is 0 Å². The topological polar surface area (TPSA) is 65.2 Å². The molecule has 2 N–H and O–H groups in total.